The third kappa shape index (κ3) is 2.11. The van der Waals surface area contributed by atoms with E-state index in [1.807, 2.05) is 13.0 Å². The van der Waals surface area contributed by atoms with Gasteiger partial charge in [0.1, 0.15) is 0 Å². The topological polar surface area (TPSA) is 42.4 Å². The van der Waals surface area contributed by atoms with Gasteiger partial charge in [0.15, 0.2) is 0 Å². The Morgan fingerprint density at radius 3 is 3.12 bits per heavy atom. The van der Waals surface area contributed by atoms with Crippen molar-refractivity contribution in [2.24, 2.45) is 0 Å². The van der Waals surface area contributed by atoms with Gasteiger partial charge in [0, 0.05) is 24.9 Å². The zero-order chi connectivity index (χ0) is 11.5. The third-order valence-corrected chi connectivity index (χ3v) is 3.50. The number of nitrogens with zero attached hydrogens (tertiary/aromatic N) is 1. The molecule has 1 aromatic heterocycles. The molecule has 1 aliphatic rings. The number of aromatic nitrogens is 1. The Morgan fingerprint density at radius 1 is 1.56 bits per heavy atom. The molecule has 3 atom stereocenters. The highest BCUT2D eigenvalue weighted by atomic mass is 16.5. The molecular formula is C13H19NO2. The second-order valence-electron chi connectivity index (χ2n) is 4.48. The van der Waals surface area contributed by atoms with Crippen LogP contribution in [-0.2, 0) is 11.2 Å². The van der Waals surface area contributed by atoms with Crippen LogP contribution in [0.5, 0.6) is 0 Å². The number of hydrogen-bond donors (Lipinski definition) is 1. The van der Waals surface area contributed by atoms with Gasteiger partial charge in [-0.1, -0.05) is 6.07 Å². The summed E-state index contributed by atoms with van der Waals surface area (Å²) < 4.78 is 5.20. The lowest BCUT2D eigenvalue weighted by Gasteiger charge is -2.30. The number of aliphatic hydroxyl groups is 1. The molecule has 0 radical (unpaired) electrons. The predicted octanol–water partition coefficient (Wildman–Crippen LogP) is 1.90. The maximum atomic E-state index is 10.2. The highest BCUT2D eigenvalue weighted by molar-refractivity contribution is 5.27. The first-order valence-electron chi connectivity index (χ1n) is 5.88. The van der Waals surface area contributed by atoms with Gasteiger partial charge < -0.3 is 9.84 Å². The van der Waals surface area contributed by atoms with E-state index < -0.39 is 6.10 Å². The van der Waals surface area contributed by atoms with Crippen LogP contribution in [0.3, 0.4) is 0 Å². The van der Waals surface area contributed by atoms with Gasteiger partial charge >= 0.3 is 0 Å². The third-order valence-electron chi connectivity index (χ3n) is 3.50. The van der Waals surface area contributed by atoms with Crippen LogP contribution >= 0.6 is 0 Å². The molecule has 3 nitrogen and oxygen atoms in total. The zero-order valence-electron chi connectivity index (χ0n) is 9.89. The molecule has 1 aromatic rings. The van der Waals surface area contributed by atoms with Crippen molar-refractivity contribution in [2.75, 3.05) is 7.11 Å². The summed E-state index contributed by atoms with van der Waals surface area (Å²) in [6.45, 7) is 1.90. The molecule has 88 valence electrons. The SMILES string of the molecule is COC(C)C(O)C1CCCc2cccnc21. The number of rotatable bonds is 3. The van der Waals surface area contributed by atoms with E-state index >= 15 is 0 Å². The zero-order valence-corrected chi connectivity index (χ0v) is 9.89. The van der Waals surface area contributed by atoms with E-state index in [9.17, 15) is 5.11 Å². The van der Waals surface area contributed by atoms with Gasteiger partial charge in [0.25, 0.3) is 0 Å². The van der Waals surface area contributed by atoms with Gasteiger partial charge in [-0.3, -0.25) is 4.98 Å². The first-order valence-corrected chi connectivity index (χ1v) is 5.88. The van der Waals surface area contributed by atoms with Crippen molar-refractivity contribution in [2.45, 2.75) is 44.3 Å². The summed E-state index contributed by atoms with van der Waals surface area (Å²) in [5, 5.41) is 10.2. The number of aryl methyl sites for hydroxylation is 1. The van der Waals surface area contributed by atoms with Crippen LogP contribution in [-0.4, -0.2) is 29.4 Å². The van der Waals surface area contributed by atoms with Crippen LogP contribution in [0.15, 0.2) is 18.3 Å². The van der Waals surface area contributed by atoms with E-state index in [4.69, 9.17) is 4.74 Å². The molecule has 2 rings (SSSR count). The molecule has 1 aliphatic carbocycles. The Kier molecular flexibility index (Phi) is 3.56. The lowest BCUT2D eigenvalue weighted by Crippen LogP contribution is -2.33. The summed E-state index contributed by atoms with van der Waals surface area (Å²) in [7, 11) is 1.63. The highest BCUT2D eigenvalue weighted by Gasteiger charge is 2.30. The lowest BCUT2D eigenvalue weighted by molar-refractivity contribution is -0.0180. The fraction of sp³-hybridized carbons (Fsp3) is 0.615. The van der Waals surface area contributed by atoms with Gasteiger partial charge in [0.2, 0.25) is 0 Å². The van der Waals surface area contributed by atoms with Crippen molar-refractivity contribution in [3.63, 3.8) is 0 Å². The monoisotopic (exact) mass is 221 g/mol. The average molecular weight is 221 g/mol. The smallest absolute Gasteiger partial charge is 0.0882 e. The molecule has 3 unspecified atom stereocenters. The maximum Gasteiger partial charge on any atom is 0.0882 e. The lowest BCUT2D eigenvalue weighted by atomic mass is 9.82. The predicted molar refractivity (Wildman–Crippen MR) is 62.4 cm³/mol. The first-order chi connectivity index (χ1) is 7.74. The summed E-state index contributed by atoms with van der Waals surface area (Å²) in [5.74, 6) is 0.125. The molecule has 3 heteroatoms. The first kappa shape index (κ1) is 11.6. The van der Waals surface area contributed by atoms with Crippen LogP contribution in [0, 0.1) is 0 Å². The average Bonchev–Trinajstić information content (AvgIpc) is 2.36. The Bertz CT molecular complexity index is 354. The fourth-order valence-electron chi connectivity index (χ4n) is 2.44. The highest BCUT2D eigenvalue weighted by Crippen LogP contribution is 2.33. The molecule has 0 amide bonds. The van der Waals surface area contributed by atoms with Gasteiger partial charge in [0.05, 0.1) is 12.2 Å². The molecule has 0 spiro atoms. The van der Waals surface area contributed by atoms with Crippen LogP contribution in [0.1, 0.15) is 36.9 Å². The van der Waals surface area contributed by atoms with Crippen molar-refractivity contribution >= 4 is 0 Å². The number of fused-ring (bicyclic) bond motifs is 1. The van der Waals surface area contributed by atoms with Crippen molar-refractivity contribution in [3.05, 3.63) is 29.6 Å². The Labute approximate surface area is 96.5 Å². The van der Waals surface area contributed by atoms with Gasteiger partial charge in [-0.2, -0.15) is 0 Å². The van der Waals surface area contributed by atoms with Crippen molar-refractivity contribution in [1.82, 2.24) is 4.98 Å². The summed E-state index contributed by atoms with van der Waals surface area (Å²) in [6.07, 6.45) is 4.40. The normalized spacial score (nSPS) is 23.6. The molecule has 1 N–H and O–H groups in total. The molecule has 0 bridgehead atoms. The quantitative estimate of drug-likeness (QED) is 0.847. The van der Waals surface area contributed by atoms with E-state index in [2.05, 4.69) is 11.1 Å². The minimum atomic E-state index is -0.459. The van der Waals surface area contributed by atoms with Crippen molar-refractivity contribution in [3.8, 4) is 0 Å². The van der Waals surface area contributed by atoms with Crippen LogP contribution in [0.25, 0.3) is 0 Å². The van der Waals surface area contributed by atoms with E-state index in [1.165, 1.54) is 5.56 Å². The molecule has 0 fully saturated rings. The summed E-state index contributed by atoms with van der Waals surface area (Å²) in [4.78, 5) is 4.42. The van der Waals surface area contributed by atoms with Crippen LogP contribution < -0.4 is 0 Å². The number of hydrogen-bond acceptors (Lipinski definition) is 3. The van der Waals surface area contributed by atoms with Gasteiger partial charge in [-0.15, -0.1) is 0 Å². The minimum absolute atomic E-state index is 0.125. The van der Waals surface area contributed by atoms with Gasteiger partial charge in [-0.25, -0.2) is 0 Å². The van der Waals surface area contributed by atoms with E-state index in [1.54, 1.807) is 13.3 Å². The van der Waals surface area contributed by atoms with Crippen molar-refractivity contribution < 1.29 is 9.84 Å². The van der Waals surface area contributed by atoms with E-state index in [-0.39, 0.29) is 12.0 Å². The van der Waals surface area contributed by atoms with Crippen LogP contribution in [0.2, 0.25) is 0 Å². The number of ether oxygens (including phenoxy) is 1. The van der Waals surface area contributed by atoms with E-state index in [0.29, 0.717) is 0 Å². The molecule has 16 heavy (non-hydrogen) atoms. The largest absolute Gasteiger partial charge is 0.390 e. The minimum Gasteiger partial charge on any atom is -0.390 e. The Balaban J connectivity index is 2.24. The molecule has 1 heterocycles. The molecule has 0 saturated carbocycles. The van der Waals surface area contributed by atoms with Crippen LogP contribution in [0.4, 0.5) is 0 Å². The Hall–Kier alpha value is -0.930. The molecule has 0 saturated heterocycles. The number of pyridine rings is 1. The summed E-state index contributed by atoms with van der Waals surface area (Å²) in [6, 6.07) is 4.08. The second kappa shape index (κ2) is 4.93. The summed E-state index contributed by atoms with van der Waals surface area (Å²) >= 11 is 0. The second-order valence-corrected chi connectivity index (χ2v) is 4.48. The van der Waals surface area contributed by atoms with Gasteiger partial charge in [-0.05, 0) is 37.8 Å². The molecule has 0 aliphatic heterocycles. The Morgan fingerprint density at radius 2 is 2.38 bits per heavy atom. The standard InChI is InChI=1S/C13H19NO2/c1-9(16-2)13(15)11-7-3-5-10-6-4-8-14-12(10)11/h4,6,8-9,11,13,15H,3,5,7H2,1-2H3. The molecular weight excluding hydrogens is 202 g/mol. The summed E-state index contributed by atoms with van der Waals surface area (Å²) in [5.41, 5.74) is 2.34. The maximum absolute atomic E-state index is 10.2. The number of aliphatic hydroxyl groups excluding tert-OH is 1. The van der Waals surface area contributed by atoms with Crippen molar-refractivity contribution in [1.29, 1.82) is 0 Å². The molecule has 0 aromatic carbocycles. The fourth-order valence-corrected chi connectivity index (χ4v) is 2.44. The van der Waals surface area contributed by atoms with E-state index in [0.717, 1.165) is 25.0 Å². The number of methoxy groups -OCH3 is 1.